The quantitative estimate of drug-likeness (QED) is 0.608. The first-order valence-electron chi connectivity index (χ1n) is 5.51. The lowest BCUT2D eigenvalue weighted by molar-refractivity contribution is 0.105. The van der Waals surface area contributed by atoms with Gasteiger partial charge in [0.15, 0.2) is 0 Å². The molecule has 0 N–H and O–H groups in total. The SMILES string of the molecule is C=C(C(=O)c1ccccn1)c1ccc(OC)cc1. The summed E-state index contributed by atoms with van der Waals surface area (Å²) in [6.45, 7) is 3.83. The molecule has 2 rings (SSSR count). The predicted molar refractivity (Wildman–Crippen MR) is 70.6 cm³/mol. The number of nitrogens with zero attached hydrogens (tertiary/aromatic N) is 1. The third-order valence-electron chi connectivity index (χ3n) is 2.61. The van der Waals surface area contributed by atoms with Gasteiger partial charge in [0.05, 0.1) is 7.11 Å². The van der Waals surface area contributed by atoms with Gasteiger partial charge in [0.1, 0.15) is 11.4 Å². The van der Waals surface area contributed by atoms with Crippen LogP contribution in [0, 0.1) is 0 Å². The Balaban J connectivity index is 2.23. The molecule has 3 heteroatoms. The fraction of sp³-hybridized carbons (Fsp3) is 0.0667. The van der Waals surface area contributed by atoms with Crippen LogP contribution in [-0.4, -0.2) is 17.9 Å². The molecule has 18 heavy (non-hydrogen) atoms. The second-order valence-electron chi connectivity index (χ2n) is 3.75. The highest BCUT2D eigenvalue weighted by Gasteiger charge is 2.12. The Labute approximate surface area is 106 Å². The highest BCUT2D eigenvalue weighted by molar-refractivity contribution is 6.27. The molecule has 0 radical (unpaired) electrons. The van der Waals surface area contributed by atoms with Crippen molar-refractivity contribution >= 4 is 11.4 Å². The molecule has 0 aliphatic rings. The van der Waals surface area contributed by atoms with E-state index < -0.39 is 0 Å². The van der Waals surface area contributed by atoms with Crippen molar-refractivity contribution in [1.82, 2.24) is 4.98 Å². The predicted octanol–water partition coefficient (Wildman–Crippen LogP) is 2.99. The number of hydrogen-bond acceptors (Lipinski definition) is 3. The Kier molecular flexibility index (Phi) is 3.53. The lowest BCUT2D eigenvalue weighted by Gasteiger charge is -2.05. The highest BCUT2D eigenvalue weighted by atomic mass is 16.5. The lowest BCUT2D eigenvalue weighted by atomic mass is 10.0. The van der Waals surface area contributed by atoms with Crippen molar-refractivity contribution in [3.63, 3.8) is 0 Å². The smallest absolute Gasteiger partial charge is 0.211 e. The third kappa shape index (κ3) is 2.46. The van der Waals surface area contributed by atoms with E-state index in [1.807, 2.05) is 12.1 Å². The van der Waals surface area contributed by atoms with Gasteiger partial charge in [-0.3, -0.25) is 9.78 Å². The minimum Gasteiger partial charge on any atom is -0.497 e. The molecule has 0 atom stereocenters. The first-order valence-corrected chi connectivity index (χ1v) is 5.51. The Hall–Kier alpha value is -2.42. The number of ketones is 1. The van der Waals surface area contributed by atoms with Crippen molar-refractivity contribution in [2.24, 2.45) is 0 Å². The summed E-state index contributed by atoms with van der Waals surface area (Å²) in [5.41, 5.74) is 1.60. The summed E-state index contributed by atoms with van der Waals surface area (Å²) < 4.78 is 5.07. The summed E-state index contributed by atoms with van der Waals surface area (Å²) in [7, 11) is 1.60. The van der Waals surface area contributed by atoms with E-state index in [0.29, 0.717) is 11.3 Å². The number of carbonyl (C=O) groups is 1. The maximum absolute atomic E-state index is 12.1. The number of Topliss-reactive ketones (excluding diaryl/α,β-unsaturated/α-hetero) is 1. The van der Waals surface area contributed by atoms with Crippen LogP contribution in [0.5, 0.6) is 5.75 Å². The molecule has 0 spiro atoms. The molecule has 0 fully saturated rings. The molecule has 0 saturated carbocycles. The molecular formula is C15H13NO2. The van der Waals surface area contributed by atoms with E-state index in [9.17, 15) is 4.79 Å². The van der Waals surface area contributed by atoms with E-state index >= 15 is 0 Å². The maximum atomic E-state index is 12.1. The van der Waals surface area contributed by atoms with Crippen LogP contribution in [0.15, 0.2) is 55.2 Å². The van der Waals surface area contributed by atoms with E-state index in [0.717, 1.165) is 11.3 Å². The number of rotatable bonds is 4. The van der Waals surface area contributed by atoms with Crippen LogP contribution in [0.25, 0.3) is 5.57 Å². The highest BCUT2D eigenvalue weighted by Crippen LogP contribution is 2.20. The van der Waals surface area contributed by atoms with E-state index in [4.69, 9.17) is 4.74 Å². The zero-order valence-electron chi connectivity index (χ0n) is 10.1. The van der Waals surface area contributed by atoms with Crippen molar-refractivity contribution in [2.45, 2.75) is 0 Å². The van der Waals surface area contributed by atoms with E-state index in [1.165, 1.54) is 0 Å². The Morgan fingerprint density at radius 3 is 2.44 bits per heavy atom. The largest absolute Gasteiger partial charge is 0.497 e. The third-order valence-corrected chi connectivity index (χ3v) is 2.61. The Morgan fingerprint density at radius 2 is 1.89 bits per heavy atom. The van der Waals surface area contributed by atoms with Gasteiger partial charge in [-0.2, -0.15) is 0 Å². The van der Waals surface area contributed by atoms with Gasteiger partial charge in [-0.25, -0.2) is 0 Å². The Morgan fingerprint density at radius 1 is 1.17 bits per heavy atom. The van der Waals surface area contributed by atoms with Gasteiger partial charge in [0, 0.05) is 11.8 Å². The number of ether oxygens (including phenoxy) is 1. The van der Waals surface area contributed by atoms with Gasteiger partial charge in [-0.15, -0.1) is 0 Å². The molecule has 1 aromatic heterocycles. The summed E-state index contributed by atoms with van der Waals surface area (Å²) in [6.07, 6.45) is 1.59. The Bertz CT molecular complexity index is 559. The molecule has 0 aliphatic heterocycles. The number of allylic oxidation sites excluding steroid dienone is 1. The van der Waals surface area contributed by atoms with E-state index in [2.05, 4.69) is 11.6 Å². The fourth-order valence-electron chi connectivity index (χ4n) is 1.57. The molecule has 0 aliphatic carbocycles. The van der Waals surface area contributed by atoms with Gasteiger partial charge in [0.25, 0.3) is 0 Å². The number of benzene rings is 1. The first kappa shape index (κ1) is 12.0. The zero-order chi connectivity index (χ0) is 13.0. The second-order valence-corrected chi connectivity index (χ2v) is 3.75. The van der Waals surface area contributed by atoms with Crippen LogP contribution in [0.2, 0.25) is 0 Å². The van der Waals surface area contributed by atoms with E-state index in [1.54, 1.807) is 43.6 Å². The number of aromatic nitrogens is 1. The van der Waals surface area contributed by atoms with Crippen molar-refractivity contribution < 1.29 is 9.53 Å². The molecule has 1 aromatic carbocycles. The summed E-state index contributed by atoms with van der Waals surface area (Å²) in [6, 6.07) is 12.4. The number of hydrogen-bond donors (Lipinski definition) is 0. The van der Waals surface area contributed by atoms with Crippen LogP contribution in [-0.2, 0) is 0 Å². The molecule has 0 amide bonds. The number of pyridine rings is 1. The van der Waals surface area contributed by atoms with Gasteiger partial charge in [0.2, 0.25) is 5.78 Å². The van der Waals surface area contributed by atoms with Crippen molar-refractivity contribution in [2.75, 3.05) is 7.11 Å². The van der Waals surface area contributed by atoms with Crippen LogP contribution in [0.3, 0.4) is 0 Å². The number of methoxy groups -OCH3 is 1. The van der Waals surface area contributed by atoms with Gasteiger partial charge >= 0.3 is 0 Å². The summed E-state index contributed by atoms with van der Waals surface area (Å²) in [5.74, 6) is 0.581. The second kappa shape index (κ2) is 5.27. The molecule has 0 saturated heterocycles. The molecule has 1 heterocycles. The van der Waals surface area contributed by atoms with Gasteiger partial charge in [-0.1, -0.05) is 24.8 Å². The van der Waals surface area contributed by atoms with Crippen LogP contribution < -0.4 is 4.74 Å². The average Bonchev–Trinajstić information content (AvgIpc) is 2.47. The average molecular weight is 239 g/mol. The van der Waals surface area contributed by atoms with Crippen LogP contribution in [0.4, 0.5) is 0 Å². The van der Waals surface area contributed by atoms with Gasteiger partial charge in [-0.05, 0) is 29.8 Å². The minimum atomic E-state index is -0.166. The summed E-state index contributed by atoms with van der Waals surface area (Å²) in [4.78, 5) is 16.1. The molecular weight excluding hydrogens is 226 g/mol. The summed E-state index contributed by atoms with van der Waals surface area (Å²) >= 11 is 0. The van der Waals surface area contributed by atoms with Crippen molar-refractivity contribution in [3.05, 3.63) is 66.5 Å². The number of carbonyl (C=O) groups excluding carboxylic acids is 1. The fourth-order valence-corrected chi connectivity index (χ4v) is 1.57. The van der Waals surface area contributed by atoms with Crippen LogP contribution in [0.1, 0.15) is 16.1 Å². The standard InChI is InChI=1S/C15H13NO2/c1-11(12-6-8-13(18-2)9-7-12)15(17)14-5-3-4-10-16-14/h3-10H,1H2,2H3. The monoisotopic (exact) mass is 239 g/mol. The van der Waals surface area contributed by atoms with Crippen LogP contribution >= 0.6 is 0 Å². The van der Waals surface area contributed by atoms with Crippen molar-refractivity contribution in [1.29, 1.82) is 0 Å². The lowest BCUT2D eigenvalue weighted by Crippen LogP contribution is -2.03. The molecule has 90 valence electrons. The molecule has 0 unspecified atom stereocenters. The topological polar surface area (TPSA) is 39.2 Å². The molecule has 2 aromatic rings. The zero-order valence-corrected chi connectivity index (χ0v) is 10.1. The first-order chi connectivity index (χ1) is 8.72. The molecule has 0 bridgehead atoms. The normalized spacial score (nSPS) is 9.83. The maximum Gasteiger partial charge on any atom is 0.211 e. The molecule has 3 nitrogen and oxygen atoms in total. The minimum absolute atomic E-state index is 0.166. The van der Waals surface area contributed by atoms with Gasteiger partial charge < -0.3 is 4.74 Å². The van der Waals surface area contributed by atoms with Crippen molar-refractivity contribution in [3.8, 4) is 5.75 Å². The summed E-state index contributed by atoms with van der Waals surface area (Å²) in [5, 5.41) is 0. The van der Waals surface area contributed by atoms with E-state index in [-0.39, 0.29) is 5.78 Å².